The third kappa shape index (κ3) is 3.20. The van der Waals surface area contributed by atoms with Gasteiger partial charge in [0.05, 0.1) is 12.7 Å². The van der Waals surface area contributed by atoms with E-state index in [0.717, 1.165) is 31.5 Å². The number of halogens is 1. The van der Waals surface area contributed by atoms with E-state index in [1.807, 2.05) is 29.2 Å². The highest BCUT2D eigenvalue weighted by Gasteiger charge is 2.26. The summed E-state index contributed by atoms with van der Waals surface area (Å²) in [6, 6.07) is 5.89. The van der Waals surface area contributed by atoms with Gasteiger partial charge in [-0.25, -0.2) is 0 Å². The van der Waals surface area contributed by atoms with Crippen molar-refractivity contribution in [2.75, 3.05) is 26.8 Å². The predicted octanol–water partition coefficient (Wildman–Crippen LogP) is 1.84. The van der Waals surface area contributed by atoms with Crippen LogP contribution in [0.15, 0.2) is 23.8 Å². The number of methoxy groups -OCH3 is 1. The first-order valence-electron chi connectivity index (χ1n) is 7.24. The number of likely N-dealkylation sites (tertiary alicyclic amines) is 1. The number of benzene rings is 1. The van der Waals surface area contributed by atoms with E-state index < -0.39 is 0 Å². The average Bonchev–Trinajstić information content (AvgIpc) is 2.53. The topological polar surface area (TPSA) is 64.8 Å². The van der Waals surface area contributed by atoms with E-state index in [1.54, 1.807) is 7.11 Å². The zero-order chi connectivity index (χ0) is 14.8. The number of carbonyl (C=O) groups is 1. The number of amides is 1. The van der Waals surface area contributed by atoms with Crippen molar-refractivity contribution in [1.29, 1.82) is 0 Å². The van der Waals surface area contributed by atoms with Gasteiger partial charge in [0.25, 0.3) is 5.91 Å². The van der Waals surface area contributed by atoms with Crippen molar-refractivity contribution < 1.29 is 14.3 Å². The van der Waals surface area contributed by atoms with Crippen molar-refractivity contribution >= 4 is 24.4 Å². The lowest BCUT2D eigenvalue weighted by atomic mass is 10.0. The van der Waals surface area contributed by atoms with E-state index in [4.69, 9.17) is 15.2 Å². The standard InChI is InChI=1S/C16H20N2O3.ClH/c1-20-14-4-2-3-11-9-12(10-21-15(11)14)16(19)18-7-5-13(17)6-8-18;/h2-4,9,13H,5-8,10,17H2,1H3;1H. The summed E-state index contributed by atoms with van der Waals surface area (Å²) in [5.41, 5.74) is 7.45. The summed E-state index contributed by atoms with van der Waals surface area (Å²) in [7, 11) is 1.61. The van der Waals surface area contributed by atoms with Crippen LogP contribution in [-0.4, -0.2) is 43.7 Å². The molecular formula is C16H21ClN2O3. The van der Waals surface area contributed by atoms with Crippen LogP contribution in [0.1, 0.15) is 18.4 Å². The fraction of sp³-hybridized carbons (Fsp3) is 0.438. The molecule has 0 radical (unpaired) electrons. The van der Waals surface area contributed by atoms with E-state index in [0.29, 0.717) is 17.1 Å². The molecule has 1 aromatic carbocycles. The van der Waals surface area contributed by atoms with Crippen LogP contribution in [0.25, 0.3) is 6.08 Å². The van der Waals surface area contributed by atoms with Crippen LogP contribution in [0.2, 0.25) is 0 Å². The van der Waals surface area contributed by atoms with Gasteiger partial charge in [-0.05, 0) is 25.0 Å². The van der Waals surface area contributed by atoms with Gasteiger partial charge in [-0.15, -0.1) is 12.4 Å². The number of fused-ring (bicyclic) bond motifs is 1. The molecule has 0 spiro atoms. The average molecular weight is 325 g/mol. The van der Waals surface area contributed by atoms with E-state index in [9.17, 15) is 4.79 Å². The predicted molar refractivity (Wildman–Crippen MR) is 87.5 cm³/mol. The molecule has 1 aromatic rings. The van der Waals surface area contributed by atoms with Gasteiger partial charge in [-0.3, -0.25) is 4.79 Å². The third-order valence-corrected chi connectivity index (χ3v) is 4.03. The highest BCUT2D eigenvalue weighted by atomic mass is 35.5. The van der Waals surface area contributed by atoms with Gasteiger partial charge in [0, 0.05) is 24.7 Å². The Morgan fingerprint density at radius 1 is 1.36 bits per heavy atom. The fourth-order valence-corrected chi connectivity index (χ4v) is 2.77. The summed E-state index contributed by atoms with van der Waals surface area (Å²) in [4.78, 5) is 14.4. The molecule has 2 aliphatic rings. The first kappa shape index (κ1) is 16.6. The summed E-state index contributed by atoms with van der Waals surface area (Å²) in [6.07, 6.45) is 3.63. The number of nitrogens with two attached hydrogens (primary N) is 1. The van der Waals surface area contributed by atoms with Gasteiger partial charge in [-0.2, -0.15) is 0 Å². The monoisotopic (exact) mass is 324 g/mol. The molecule has 22 heavy (non-hydrogen) atoms. The molecule has 2 heterocycles. The van der Waals surface area contributed by atoms with Crippen molar-refractivity contribution in [1.82, 2.24) is 4.90 Å². The number of hydrogen-bond donors (Lipinski definition) is 1. The van der Waals surface area contributed by atoms with Gasteiger partial charge < -0.3 is 20.1 Å². The third-order valence-electron chi connectivity index (χ3n) is 4.03. The highest BCUT2D eigenvalue weighted by molar-refractivity contribution is 5.99. The van der Waals surface area contributed by atoms with Crippen molar-refractivity contribution in [2.45, 2.75) is 18.9 Å². The van der Waals surface area contributed by atoms with Crippen LogP contribution in [-0.2, 0) is 4.79 Å². The number of piperidine rings is 1. The van der Waals surface area contributed by atoms with Crippen LogP contribution in [0.3, 0.4) is 0 Å². The molecule has 0 atom stereocenters. The second-order valence-electron chi connectivity index (χ2n) is 5.47. The van der Waals surface area contributed by atoms with Gasteiger partial charge in [0.2, 0.25) is 0 Å². The fourth-order valence-electron chi connectivity index (χ4n) is 2.77. The number of nitrogens with zero attached hydrogens (tertiary/aromatic N) is 1. The maximum absolute atomic E-state index is 12.5. The molecule has 1 saturated heterocycles. The Labute approximate surface area is 136 Å². The first-order chi connectivity index (χ1) is 10.2. The molecule has 5 nitrogen and oxygen atoms in total. The quantitative estimate of drug-likeness (QED) is 0.901. The van der Waals surface area contributed by atoms with E-state index in [2.05, 4.69) is 0 Å². The Kier molecular flexibility index (Phi) is 5.32. The van der Waals surface area contributed by atoms with Gasteiger partial charge in [-0.1, -0.05) is 12.1 Å². The molecule has 0 saturated carbocycles. The summed E-state index contributed by atoms with van der Waals surface area (Å²) in [5.74, 6) is 1.45. The minimum absolute atomic E-state index is 0. The Morgan fingerprint density at radius 2 is 2.09 bits per heavy atom. The molecule has 2 N–H and O–H groups in total. The minimum Gasteiger partial charge on any atom is -0.493 e. The van der Waals surface area contributed by atoms with Crippen LogP contribution < -0.4 is 15.2 Å². The second-order valence-corrected chi connectivity index (χ2v) is 5.47. The van der Waals surface area contributed by atoms with Crippen molar-refractivity contribution in [3.63, 3.8) is 0 Å². The summed E-state index contributed by atoms with van der Waals surface area (Å²) < 4.78 is 11.0. The Bertz CT molecular complexity index is 581. The van der Waals surface area contributed by atoms with Crippen molar-refractivity contribution in [2.24, 2.45) is 5.73 Å². The van der Waals surface area contributed by atoms with Crippen LogP contribution in [0.5, 0.6) is 11.5 Å². The largest absolute Gasteiger partial charge is 0.493 e. The molecule has 0 aromatic heterocycles. The smallest absolute Gasteiger partial charge is 0.253 e. The number of para-hydroxylation sites is 1. The van der Waals surface area contributed by atoms with Crippen LogP contribution >= 0.6 is 12.4 Å². The maximum Gasteiger partial charge on any atom is 0.253 e. The lowest BCUT2D eigenvalue weighted by Crippen LogP contribution is -2.44. The molecule has 2 aliphatic heterocycles. The highest BCUT2D eigenvalue weighted by Crippen LogP contribution is 2.35. The zero-order valence-corrected chi connectivity index (χ0v) is 13.4. The van der Waals surface area contributed by atoms with E-state index in [-0.39, 0.29) is 31.0 Å². The van der Waals surface area contributed by atoms with E-state index >= 15 is 0 Å². The van der Waals surface area contributed by atoms with E-state index in [1.165, 1.54) is 0 Å². The first-order valence-corrected chi connectivity index (χ1v) is 7.24. The molecule has 0 bridgehead atoms. The number of carbonyl (C=O) groups excluding carboxylic acids is 1. The SMILES string of the molecule is COc1cccc2c1OCC(C(=O)N1CCC(N)CC1)=C2.Cl. The van der Waals surface area contributed by atoms with Crippen molar-refractivity contribution in [3.8, 4) is 11.5 Å². The summed E-state index contributed by atoms with van der Waals surface area (Å²) in [6.45, 7) is 1.74. The lowest BCUT2D eigenvalue weighted by molar-refractivity contribution is -0.128. The van der Waals surface area contributed by atoms with Gasteiger partial charge in [0.1, 0.15) is 6.61 Å². The summed E-state index contributed by atoms with van der Waals surface area (Å²) in [5, 5.41) is 0. The normalized spacial score (nSPS) is 17.7. The lowest BCUT2D eigenvalue weighted by Gasteiger charge is -2.31. The molecule has 1 fully saturated rings. The number of rotatable bonds is 2. The molecule has 3 rings (SSSR count). The molecular weight excluding hydrogens is 304 g/mol. The van der Waals surface area contributed by atoms with Crippen molar-refractivity contribution in [3.05, 3.63) is 29.3 Å². The molecule has 0 aliphatic carbocycles. The Hall–Kier alpha value is -1.72. The number of ether oxygens (including phenoxy) is 2. The van der Waals surface area contributed by atoms with Gasteiger partial charge in [0.15, 0.2) is 11.5 Å². The van der Waals surface area contributed by atoms with Gasteiger partial charge >= 0.3 is 0 Å². The Morgan fingerprint density at radius 3 is 2.77 bits per heavy atom. The molecule has 0 unspecified atom stereocenters. The van der Waals surface area contributed by atoms with Crippen LogP contribution in [0, 0.1) is 0 Å². The Balaban J connectivity index is 0.00000176. The summed E-state index contributed by atoms with van der Waals surface area (Å²) >= 11 is 0. The number of hydrogen-bond acceptors (Lipinski definition) is 4. The van der Waals surface area contributed by atoms with Crippen LogP contribution in [0.4, 0.5) is 0 Å². The molecule has 6 heteroatoms. The minimum atomic E-state index is 0. The molecule has 1 amide bonds. The maximum atomic E-state index is 12.5. The molecule has 120 valence electrons. The second kappa shape index (κ2) is 7.03. The zero-order valence-electron chi connectivity index (χ0n) is 12.6.